The number of nitrogens with zero attached hydrogens (tertiary/aromatic N) is 1. The van der Waals surface area contributed by atoms with Crippen LogP contribution in [0.25, 0.3) is 0 Å². The SMILES string of the molecule is CNC1CCC(Cc2ccc(Br)cn2)C1C. The first-order valence-electron chi connectivity index (χ1n) is 5.98. The normalized spacial score (nSPS) is 29.6. The molecule has 2 rings (SSSR count). The monoisotopic (exact) mass is 282 g/mol. The Balaban J connectivity index is 1.98. The Kier molecular flexibility index (Phi) is 3.98. The molecule has 0 bridgehead atoms. The lowest BCUT2D eigenvalue weighted by molar-refractivity contribution is 0.362. The van der Waals surface area contributed by atoms with Crippen molar-refractivity contribution < 1.29 is 0 Å². The summed E-state index contributed by atoms with van der Waals surface area (Å²) in [7, 11) is 2.07. The Labute approximate surface area is 106 Å². The van der Waals surface area contributed by atoms with Crippen molar-refractivity contribution in [1.29, 1.82) is 0 Å². The molecule has 1 aliphatic rings. The summed E-state index contributed by atoms with van der Waals surface area (Å²) in [5.74, 6) is 1.54. The van der Waals surface area contributed by atoms with Gasteiger partial charge in [-0.15, -0.1) is 0 Å². The summed E-state index contributed by atoms with van der Waals surface area (Å²) in [5, 5.41) is 3.41. The summed E-state index contributed by atoms with van der Waals surface area (Å²) in [5.41, 5.74) is 1.22. The molecule has 3 atom stereocenters. The van der Waals surface area contributed by atoms with Crippen molar-refractivity contribution >= 4 is 15.9 Å². The quantitative estimate of drug-likeness (QED) is 0.922. The number of pyridine rings is 1. The van der Waals surface area contributed by atoms with Crippen LogP contribution in [0.15, 0.2) is 22.8 Å². The Morgan fingerprint density at radius 2 is 2.25 bits per heavy atom. The van der Waals surface area contributed by atoms with Crippen molar-refractivity contribution in [3.63, 3.8) is 0 Å². The van der Waals surface area contributed by atoms with Gasteiger partial charge >= 0.3 is 0 Å². The molecule has 1 saturated carbocycles. The largest absolute Gasteiger partial charge is 0.317 e. The van der Waals surface area contributed by atoms with Crippen molar-refractivity contribution in [2.24, 2.45) is 11.8 Å². The number of hydrogen-bond donors (Lipinski definition) is 1. The molecule has 1 aromatic rings. The minimum absolute atomic E-state index is 0.695. The van der Waals surface area contributed by atoms with Gasteiger partial charge in [0, 0.05) is 22.4 Å². The van der Waals surface area contributed by atoms with Crippen molar-refractivity contribution in [3.05, 3.63) is 28.5 Å². The van der Waals surface area contributed by atoms with E-state index in [1.165, 1.54) is 18.5 Å². The summed E-state index contributed by atoms with van der Waals surface area (Å²) >= 11 is 3.42. The van der Waals surface area contributed by atoms with Crippen molar-refractivity contribution in [2.75, 3.05) is 7.05 Å². The first-order chi connectivity index (χ1) is 7.70. The van der Waals surface area contributed by atoms with Crippen molar-refractivity contribution in [1.82, 2.24) is 10.3 Å². The Hall–Kier alpha value is -0.410. The number of rotatable bonds is 3. The van der Waals surface area contributed by atoms with Gasteiger partial charge < -0.3 is 5.32 Å². The molecule has 0 aromatic carbocycles. The molecule has 0 aliphatic heterocycles. The molecular weight excluding hydrogens is 264 g/mol. The third kappa shape index (κ3) is 2.64. The summed E-state index contributed by atoms with van der Waals surface area (Å²) < 4.78 is 1.06. The molecule has 2 nitrogen and oxygen atoms in total. The van der Waals surface area contributed by atoms with Crippen LogP contribution in [0.4, 0.5) is 0 Å². The molecule has 1 aliphatic carbocycles. The van der Waals surface area contributed by atoms with Crippen molar-refractivity contribution in [3.8, 4) is 0 Å². The van der Waals surface area contributed by atoms with Gasteiger partial charge in [0.05, 0.1) is 0 Å². The van der Waals surface area contributed by atoms with Gasteiger partial charge in [-0.05, 0) is 66.2 Å². The summed E-state index contributed by atoms with van der Waals surface area (Å²) in [6.07, 6.45) is 5.64. The lowest BCUT2D eigenvalue weighted by Gasteiger charge is -2.19. The number of halogens is 1. The van der Waals surface area contributed by atoms with Crippen LogP contribution in [0.3, 0.4) is 0 Å². The van der Waals surface area contributed by atoms with Crippen LogP contribution in [0, 0.1) is 11.8 Å². The van der Waals surface area contributed by atoms with Gasteiger partial charge in [-0.3, -0.25) is 4.98 Å². The maximum absolute atomic E-state index is 4.46. The van der Waals surface area contributed by atoms with E-state index in [0.29, 0.717) is 6.04 Å². The zero-order valence-corrected chi connectivity index (χ0v) is 11.5. The lowest BCUT2D eigenvalue weighted by Crippen LogP contribution is -2.29. The fraction of sp³-hybridized carbons (Fsp3) is 0.615. The molecule has 0 amide bonds. The molecule has 1 fully saturated rings. The molecule has 1 N–H and O–H groups in total. The van der Waals surface area contributed by atoms with Gasteiger partial charge in [0.1, 0.15) is 0 Å². The highest BCUT2D eigenvalue weighted by atomic mass is 79.9. The highest BCUT2D eigenvalue weighted by Gasteiger charge is 2.31. The molecule has 3 heteroatoms. The Bertz CT molecular complexity index is 336. The maximum Gasteiger partial charge on any atom is 0.0413 e. The van der Waals surface area contributed by atoms with E-state index in [1.54, 1.807) is 0 Å². The molecule has 16 heavy (non-hydrogen) atoms. The molecule has 1 heterocycles. The number of hydrogen-bond acceptors (Lipinski definition) is 2. The first-order valence-corrected chi connectivity index (χ1v) is 6.77. The van der Waals surface area contributed by atoms with Gasteiger partial charge in [-0.2, -0.15) is 0 Å². The van der Waals surface area contributed by atoms with Gasteiger partial charge in [-0.1, -0.05) is 6.92 Å². The predicted octanol–water partition coefficient (Wildman–Crippen LogP) is 3.02. The highest BCUT2D eigenvalue weighted by molar-refractivity contribution is 9.10. The second-order valence-electron chi connectivity index (χ2n) is 4.76. The van der Waals surface area contributed by atoms with Crippen LogP contribution >= 0.6 is 15.9 Å². The second-order valence-corrected chi connectivity index (χ2v) is 5.68. The fourth-order valence-corrected chi connectivity index (χ4v) is 2.97. The van der Waals surface area contributed by atoms with E-state index in [-0.39, 0.29) is 0 Å². The lowest BCUT2D eigenvalue weighted by atomic mass is 9.91. The Morgan fingerprint density at radius 3 is 2.81 bits per heavy atom. The van der Waals surface area contributed by atoms with Crippen molar-refractivity contribution in [2.45, 2.75) is 32.2 Å². The first kappa shape index (κ1) is 12.1. The van der Waals surface area contributed by atoms with Crippen LogP contribution in [0.1, 0.15) is 25.5 Å². The third-order valence-corrected chi connectivity index (χ3v) is 4.33. The van der Waals surface area contributed by atoms with E-state index >= 15 is 0 Å². The van der Waals surface area contributed by atoms with Crippen LogP contribution < -0.4 is 5.32 Å². The van der Waals surface area contributed by atoms with Gasteiger partial charge in [-0.25, -0.2) is 0 Å². The average molecular weight is 283 g/mol. The van der Waals surface area contributed by atoms with Gasteiger partial charge in [0.2, 0.25) is 0 Å². The summed E-state index contributed by atoms with van der Waals surface area (Å²) in [6, 6.07) is 4.90. The van der Waals surface area contributed by atoms with E-state index in [1.807, 2.05) is 6.20 Å². The molecule has 0 radical (unpaired) electrons. The van der Waals surface area contributed by atoms with Crippen LogP contribution in [-0.4, -0.2) is 18.1 Å². The van der Waals surface area contributed by atoms with Crippen LogP contribution in [-0.2, 0) is 6.42 Å². The average Bonchev–Trinajstić information content (AvgIpc) is 2.63. The Morgan fingerprint density at radius 1 is 1.44 bits per heavy atom. The zero-order valence-electron chi connectivity index (χ0n) is 9.91. The molecule has 1 aromatic heterocycles. The summed E-state index contributed by atoms with van der Waals surface area (Å²) in [6.45, 7) is 2.36. The van der Waals surface area contributed by atoms with E-state index in [4.69, 9.17) is 0 Å². The van der Waals surface area contributed by atoms with E-state index in [2.05, 4.69) is 52.3 Å². The predicted molar refractivity (Wildman–Crippen MR) is 70.4 cm³/mol. The molecular formula is C13H19BrN2. The fourth-order valence-electron chi connectivity index (χ4n) is 2.74. The van der Waals surface area contributed by atoms with E-state index in [0.717, 1.165) is 22.7 Å². The zero-order chi connectivity index (χ0) is 11.5. The van der Waals surface area contributed by atoms with Crippen LogP contribution in [0.2, 0.25) is 0 Å². The molecule has 0 saturated heterocycles. The minimum Gasteiger partial charge on any atom is -0.317 e. The van der Waals surface area contributed by atoms with E-state index < -0.39 is 0 Å². The molecule has 0 spiro atoms. The number of aromatic nitrogens is 1. The molecule has 88 valence electrons. The standard InChI is InChI=1S/C13H19BrN2/c1-9-10(3-6-13(9)15-2)7-12-5-4-11(14)8-16-12/h4-5,8-10,13,15H,3,6-7H2,1-2H3. The number of nitrogens with one attached hydrogen (secondary N) is 1. The smallest absolute Gasteiger partial charge is 0.0413 e. The highest BCUT2D eigenvalue weighted by Crippen LogP contribution is 2.33. The second kappa shape index (κ2) is 5.28. The van der Waals surface area contributed by atoms with Crippen LogP contribution in [0.5, 0.6) is 0 Å². The van der Waals surface area contributed by atoms with E-state index in [9.17, 15) is 0 Å². The van der Waals surface area contributed by atoms with Gasteiger partial charge in [0.15, 0.2) is 0 Å². The summed E-state index contributed by atoms with van der Waals surface area (Å²) in [4.78, 5) is 4.46. The van der Waals surface area contributed by atoms with Gasteiger partial charge in [0.25, 0.3) is 0 Å². The third-order valence-electron chi connectivity index (χ3n) is 3.86. The topological polar surface area (TPSA) is 24.9 Å². The minimum atomic E-state index is 0.695. The maximum atomic E-state index is 4.46. The molecule has 3 unspecified atom stereocenters.